The van der Waals surface area contributed by atoms with Crippen molar-refractivity contribution in [2.45, 2.75) is 0 Å². The van der Waals surface area contributed by atoms with E-state index in [4.69, 9.17) is 4.74 Å². The molecule has 0 bridgehead atoms. The lowest BCUT2D eigenvalue weighted by molar-refractivity contribution is 0.412. The maximum atomic E-state index is 12.1. The standard InChI is InChI=1S/C7H7BrO.C6H4BrF/c1-9-7-5-3-2-4-6(7)8;7-5-1-3-6(8)4-2-5/h2-5H,1H3;1-4H. The van der Waals surface area contributed by atoms with Gasteiger partial charge in [0.15, 0.2) is 0 Å². The molecule has 0 aliphatic rings. The first-order valence-corrected chi connectivity index (χ1v) is 6.41. The quantitative estimate of drug-likeness (QED) is 0.690. The minimum Gasteiger partial charge on any atom is -0.496 e. The van der Waals surface area contributed by atoms with Gasteiger partial charge >= 0.3 is 0 Å². The van der Waals surface area contributed by atoms with Crippen LogP contribution in [0, 0.1) is 5.82 Å². The van der Waals surface area contributed by atoms with Crippen molar-refractivity contribution in [3.8, 4) is 5.75 Å². The number of rotatable bonds is 1. The van der Waals surface area contributed by atoms with Crippen LogP contribution >= 0.6 is 31.9 Å². The summed E-state index contributed by atoms with van der Waals surface area (Å²) >= 11 is 6.51. The zero-order valence-electron chi connectivity index (χ0n) is 9.16. The Morgan fingerprint density at radius 1 is 0.941 bits per heavy atom. The Bertz CT molecular complexity index is 436. The summed E-state index contributed by atoms with van der Waals surface area (Å²) < 4.78 is 19.0. The molecule has 0 aromatic heterocycles. The molecule has 0 aliphatic carbocycles. The van der Waals surface area contributed by atoms with E-state index in [0.29, 0.717) is 0 Å². The predicted molar refractivity (Wildman–Crippen MR) is 74.8 cm³/mol. The van der Waals surface area contributed by atoms with E-state index in [1.165, 1.54) is 12.1 Å². The van der Waals surface area contributed by atoms with Crippen LogP contribution in [0.25, 0.3) is 0 Å². The third-order valence-electron chi connectivity index (χ3n) is 1.86. The molecular weight excluding hydrogens is 351 g/mol. The highest BCUT2D eigenvalue weighted by atomic mass is 79.9. The third kappa shape index (κ3) is 5.33. The highest BCUT2D eigenvalue weighted by molar-refractivity contribution is 9.10. The highest BCUT2D eigenvalue weighted by Gasteiger charge is 1.92. The number of benzene rings is 2. The van der Waals surface area contributed by atoms with Crippen LogP contribution in [-0.2, 0) is 0 Å². The molecule has 17 heavy (non-hydrogen) atoms. The van der Waals surface area contributed by atoms with Crippen LogP contribution in [0.3, 0.4) is 0 Å². The molecule has 1 nitrogen and oxygen atoms in total. The van der Waals surface area contributed by atoms with Crippen LogP contribution in [0.15, 0.2) is 57.5 Å². The molecule has 0 N–H and O–H groups in total. The largest absolute Gasteiger partial charge is 0.496 e. The molecule has 0 heterocycles. The van der Waals surface area contributed by atoms with E-state index in [2.05, 4.69) is 31.9 Å². The molecule has 90 valence electrons. The van der Waals surface area contributed by atoms with E-state index >= 15 is 0 Å². The zero-order chi connectivity index (χ0) is 12.7. The Kier molecular flexibility index (Phi) is 6.22. The summed E-state index contributed by atoms with van der Waals surface area (Å²) in [6.45, 7) is 0. The van der Waals surface area contributed by atoms with Gasteiger partial charge in [-0.2, -0.15) is 0 Å². The first-order valence-electron chi connectivity index (χ1n) is 4.83. The van der Waals surface area contributed by atoms with Gasteiger partial charge in [0.2, 0.25) is 0 Å². The molecule has 0 atom stereocenters. The van der Waals surface area contributed by atoms with E-state index in [9.17, 15) is 4.39 Å². The van der Waals surface area contributed by atoms with Crippen LogP contribution in [-0.4, -0.2) is 7.11 Å². The molecule has 0 unspecified atom stereocenters. The SMILES string of the molecule is COc1ccccc1Br.Fc1ccc(Br)cc1. The number of hydrogen-bond donors (Lipinski definition) is 0. The Morgan fingerprint density at radius 3 is 1.94 bits per heavy atom. The first kappa shape index (κ1) is 14.2. The van der Waals surface area contributed by atoms with E-state index in [-0.39, 0.29) is 5.82 Å². The van der Waals surface area contributed by atoms with E-state index in [1.54, 1.807) is 19.2 Å². The van der Waals surface area contributed by atoms with Gasteiger partial charge in [-0.05, 0) is 52.3 Å². The Balaban J connectivity index is 0.000000171. The number of para-hydroxylation sites is 1. The third-order valence-corrected chi connectivity index (χ3v) is 3.04. The fourth-order valence-electron chi connectivity index (χ4n) is 1.04. The van der Waals surface area contributed by atoms with Crippen molar-refractivity contribution in [2.75, 3.05) is 7.11 Å². The van der Waals surface area contributed by atoms with Gasteiger partial charge in [0.1, 0.15) is 11.6 Å². The average molecular weight is 362 g/mol. The minimum atomic E-state index is -0.201. The van der Waals surface area contributed by atoms with Crippen molar-refractivity contribution < 1.29 is 9.13 Å². The van der Waals surface area contributed by atoms with Crippen LogP contribution in [0.4, 0.5) is 4.39 Å². The smallest absolute Gasteiger partial charge is 0.133 e. The summed E-state index contributed by atoms with van der Waals surface area (Å²) in [6, 6.07) is 13.9. The summed E-state index contributed by atoms with van der Waals surface area (Å²) in [6.07, 6.45) is 0. The molecule has 0 fully saturated rings. The number of methoxy groups -OCH3 is 1. The lowest BCUT2D eigenvalue weighted by atomic mass is 10.3. The summed E-state index contributed by atoms with van der Waals surface area (Å²) in [5.74, 6) is 0.672. The summed E-state index contributed by atoms with van der Waals surface area (Å²) in [7, 11) is 1.65. The highest BCUT2D eigenvalue weighted by Crippen LogP contribution is 2.22. The molecule has 2 aromatic rings. The Hall–Kier alpha value is -0.870. The molecule has 2 aromatic carbocycles. The maximum absolute atomic E-state index is 12.1. The van der Waals surface area contributed by atoms with Gasteiger partial charge in [-0.25, -0.2) is 4.39 Å². The van der Waals surface area contributed by atoms with Gasteiger partial charge in [-0.15, -0.1) is 0 Å². The van der Waals surface area contributed by atoms with Crippen molar-refractivity contribution in [3.63, 3.8) is 0 Å². The van der Waals surface area contributed by atoms with E-state index in [0.717, 1.165) is 14.7 Å². The molecule has 4 heteroatoms. The number of halogens is 3. The topological polar surface area (TPSA) is 9.23 Å². The van der Waals surface area contributed by atoms with Crippen LogP contribution in [0.5, 0.6) is 5.75 Å². The summed E-state index contributed by atoms with van der Waals surface area (Å²) in [4.78, 5) is 0. The second-order valence-electron chi connectivity index (χ2n) is 3.07. The molecule has 0 saturated heterocycles. The molecule has 0 aliphatic heterocycles. The fourth-order valence-corrected chi connectivity index (χ4v) is 1.75. The average Bonchev–Trinajstić information content (AvgIpc) is 2.34. The lowest BCUT2D eigenvalue weighted by Crippen LogP contribution is -1.81. The van der Waals surface area contributed by atoms with Gasteiger partial charge in [0.05, 0.1) is 11.6 Å². The van der Waals surface area contributed by atoms with Gasteiger partial charge < -0.3 is 4.74 Å². The second-order valence-corrected chi connectivity index (χ2v) is 4.84. The van der Waals surface area contributed by atoms with E-state index < -0.39 is 0 Å². The molecule has 0 spiro atoms. The molecule has 0 radical (unpaired) electrons. The fraction of sp³-hybridized carbons (Fsp3) is 0.0769. The molecule has 0 saturated carbocycles. The predicted octanol–water partition coefficient (Wildman–Crippen LogP) is 5.05. The second kappa shape index (κ2) is 7.45. The van der Waals surface area contributed by atoms with Gasteiger partial charge in [-0.3, -0.25) is 0 Å². The zero-order valence-corrected chi connectivity index (χ0v) is 12.3. The van der Waals surface area contributed by atoms with Crippen molar-refractivity contribution in [1.29, 1.82) is 0 Å². The monoisotopic (exact) mass is 360 g/mol. The maximum Gasteiger partial charge on any atom is 0.133 e. The van der Waals surface area contributed by atoms with Crippen molar-refractivity contribution >= 4 is 31.9 Å². The van der Waals surface area contributed by atoms with Crippen molar-refractivity contribution in [1.82, 2.24) is 0 Å². The van der Waals surface area contributed by atoms with Crippen molar-refractivity contribution in [2.24, 2.45) is 0 Å². The van der Waals surface area contributed by atoms with Crippen LogP contribution in [0.1, 0.15) is 0 Å². The first-order chi connectivity index (χ1) is 8.13. The Labute approximate surface area is 117 Å². The van der Waals surface area contributed by atoms with Gasteiger partial charge in [0, 0.05) is 4.47 Å². The normalized spacial score (nSPS) is 9.18. The summed E-state index contributed by atoms with van der Waals surface area (Å²) in [5.41, 5.74) is 0. The van der Waals surface area contributed by atoms with E-state index in [1.807, 2.05) is 24.3 Å². The molecular formula is C13H11Br2FO. The van der Waals surface area contributed by atoms with Crippen LogP contribution < -0.4 is 4.74 Å². The summed E-state index contributed by atoms with van der Waals surface area (Å²) in [5, 5.41) is 0. The lowest BCUT2D eigenvalue weighted by Gasteiger charge is -1.99. The number of hydrogen-bond acceptors (Lipinski definition) is 1. The molecule has 2 rings (SSSR count). The Morgan fingerprint density at radius 2 is 1.53 bits per heavy atom. The number of ether oxygens (including phenoxy) is 1. The minimum absolute atomic E-state index is 0.201. The van der Waals surface area contributed by atoms with Gasteiger partial charge in [-0.1, -0.05) is 28.1 Å². The van der Waals surface area contributed by atoms with Gasteiger partial charge in [0.25, 0.3) is 0 Å². The van der Waals surface area contributed by atoms with Crippen molar-refractivity contribution in [3.05, 3.63) is 63.3 Å². The van der Waals surface area contributed by atoms with Crippen LogP contribution in [0.2, 0.25) is 0 Å². The molecule has 0 amide bonds.